The van der Waals surface area contributed by atoms with Crippen molar-refractivity contribution in [2.45, 2.75) is 19.8 Å². The third-order valence-corrected chi connectivity index (χ3v) is 1.84. The van der Waals surface area contributed by atoms with Crippen LogP contribution in [0.3, 0.4) is 0 Å². The Kier molecular flexibility index (Phi) is 3.70. The number of amides is 2. The van der Waals surface area contributed by atoms with Gasteiger partial charge in [0.2, 0.25) is 5.91 Å². The van der Waals surface area contributed by atoms with Crippen molar-refractivity contribution in [1.82, 2.24) is 10.4 Å². The lowest BCUT2D eigenvalue weighted by Gasteiger charge is -2.14. The maximum Gasteiger partial charge on any atom is 0.263 e. The molecular weight excluding hydrogens is 172 g/mol. The number of hydroxylamine groups is 1. The molecule has 13 heavy (non-hydrogen) atoms. The minimum atomic E-state index is -0.267. The van der Waals surface area contributed by atoms with Gasteiger partial charge < -0.3 is 4.90 Å². The summed E-state index contributed by atoms with van der Waals surface area (Å²) in [5.74, 6) is -0.219. The summed E-state index contributed by atoms with van der Waals surface area (Å²) in [6, 6.07) is 0. The Labute approximate surface area is 77.0 Å². The van der Waals surface area contributed by atoms with Gasteiger partial charge in [-0.05, 0) is 13.3 Å². The molecule has 1 rings (SSSR count). The zero-order chi connectivity index (χ0) is 9.68. The van der Waals surface area contributed by atoms with E-state index in [1.165, 1.54) is 4.90 Å². The molecule has 0 bridgehead atoms. The van der Waals surface area contributed by atoms with Crippen molar-refractivity contribution in [3.05, 3.63) is 0 Å². The molecule has 5 heteroatoms. The fraction of sp³-hybridized carbons (Fsp3) is 0.750. The lowest BCUT2D eigenvalue weighted by Crippen LogP contribution is -2.37. The zero-order valence-electron chi connectivity index (χ0n) is 7.71. The fourth-order valence-electron chi connectivity index (χ4n) is 1.23. The summed E-state index contributed by atoms with van der Waals surface area (Å²) in [4.78, 5) is 28.4. The van der Waals surface area contributed by atoms with E-state index >= 15 is 0 Å². The van der Waals surface area contributed by atoms with Crippen LogP contribution in [0.1, 0.15) is 19.8 Å². The quantitative estimate of drug-likeness (QED) is 0.612. The summed E-state index contributed by atoms with van der Waals surface area (Å²) >= 11 is 0. The van der Waals surface area contributed by atoms with Crippen LogP contribution in [-0.2, 0) is 14.4 Å². The topological polar surface area (TPSA) is 58.6 Å². The van der Waals surface area contributed by atoms with Gasteiger partial charge in [0.05, 0.1) is 6.61 Å². The summed E-state index contributed by atoms with van der Waals surface area (Å²) in [5, 5.41) is 0. The number of nitrogens with zero attached hydrogens (tertiary/aromatic N) is 1. The predicted octanol–water partition coefficient (Wildman–Crippen LogP) is -0.324. The monoisotopic (exact) mass is 186 g/mol. The van der Waals surface area contributed by atoms with Crippen LogP contribution in [0.15, 0.2) is 0 Å². The first-order valence-corrected chi connectivity index (χ1v) is 4.42. The van der Waals surface area contributed by atoms with Crippen molar-refractivity contribution in [2.75, 3.05) is 19.7 Å². The number of likely N-dealkylation sites (tertiary alicyclic amines) is 1. The first-order chi connectivity index (χ1) is 6.24. The van der Waals surface area contributed by atoms with Crippen molar-refractivity contribution in [3.8, 4) is 0 Å². The third kappa shape index (κ3) is 3.02. The normalized spacial score (nSPS) is 16.4. The van der Waals surface area contributed by atoms with Gasteiger partial charge in [0.25, 0.3) is 5.91 Å². The molecule has 0 aliphatic carbocycles. The number of carbonyl (C=O) groups excluding carboxylic acids is 2. The average Bonchev–Trinajstić information content (AvgIpc) is 2.48. The number of rotatable bonds is 4. The predicted molar refractivity (Wildman–Crippen MR) is 45.6 cm³/mol. The molecule has 1 heterocycles. The highest BCUT2D eigenvalue weighted by Gasteiger charge is 2.21. The maximum atomic E-state index is 11.1. The van der Waals surface area contributed by atoms with Gasteiger partial charge in [-0.2, -0.15) is 0 Å². The van der Waals surface area contributed by atoms with E-state index in [2.05, 4.69) is 5.48 Å². The average molecular weight is 186 g/mol. The van der Waals surface area contributed by atoms with E-state index in [9.17, 15) is 9.59 Å². The van der Waals surface area contributed by atoms with Gasteiger partial charge in [-0.15, -0.1) is 0 Å². The van der Waals surface area contributed by atoms with E-state index in [-0.39, 0.29) is 18.4 Å². The SMILES string of the molecule is CCONC(=O)CN1CCCC1=O. The molecular formula is C8H14N2O3. The minimum Gasteiger partial charge on any atom is -0.333 e. The molecule has 0 aromatic heterocycles. The van der Waals surface area contributed by atoms with Gasteiger partial charge in [0.1, 0.15) is 6.54 Å². The third-order valence-electron chi connectivity index (χ3n) is 1.84. The number of hydrogen-bond donors (Lipinski definition) is 1. The highest BCUT2D eigenvalue weighted by atomic mass is 16.6. The van der Waals surface area contributed by atoms with Crippen LogP contribution >= 0.6 is 0 Å². The molecule has 1 saturated heterocycles. The molecule has 5 nitrogen and oxygen atoms in total. The molecule has 0 atom stereocenters. The number of nitrogens with one attached hydrogen (secondary N) is 1. The second-order valence-corrected chi connectivity index (χ2v) is 2.88. The molecule has 0 saturated carbocycles. The van der Waals surface area contributed by atoms with E-state index in [1.54, 1.807) is 6.92 Å². The van der Waals surface area contributed by atoms with E-state index in [1.807, 2.05) is 0 Å². The maximum absolute atomic E-state index is 11.1. The van der Waals surface area contributed by atoms with Crippen LogP contribution in [0.5, 0.6) is 0 Å². The Morgan fingerprint density at radius 2 is 2.46 bits per heavy atom. The van der Waals surface area contributed by atoms with Gasteiger partial charge in [-0.25, -0.2) is 5.48 Å². The summed E-state index contributed by atoms with van der Waals surface area (Å²) < 4.78 is 0. The molecule has 0 aromatic rings. The van der Waals surface area contributed by atoms with E-state index in [4.69, 9.17) is 4.84 Å². The van der Waals surface area contributed by atoms with Crippen molar-refractivity contribution >= 4 is 11.8 Å². The van der Waals surface area contributed by atoms with Crippen molar-refractivity contribution in [3.63, 3.8) is 0 Å². The Hall–Kier alpha value is -1.10. The van der Waals surface area contributed by atoms with Gasteiger partial charge in [0, 0.05) is 13.0 Å². The molecule has 0 aromatic carbocycles. The van der Waals surface area contributed by atoms with Crippen LogP contribution in [0.4, 0.5) is 0 Å². The van der Waals surface area contributed by atoms with Crippen LogP contribution in [0.25, 0.3) is 0 Å². The Bertz CT molecular complexity index is 206. The number of hydrogen-bond acceptors (Lipinski definition) is 3. The smallest absolute Gasteiger partial charge is 0.263 e. The van der Waals surface area contributed by atoms with Crippen LogP contribution in [0, 0.1) is 0 Å². The van der Waals surface area contributed by atoms with Crippen LogP contribution in [-0.4, -0.2) is 36.4 Å². The van der Waals surface area contributed by atoms with Crippen molar-refractivity contribution in [2.24, 2.45) is 0 Å². The standard InChI is InChI=1S/C8H14N2O3/c1-2-13-9-7(11)6-10-5-3-4-8(10)12/h2-6H2,1H3,(H,9,11). The largest absolute Gasteiger partial charge is 0.333 e. The van der Waals surface area contributed by atoms with Gasteiger partial charge in [-0.1, -0.05) is 0 Å². The summed E-state index contributed by atoms with van der Waals surface area (Å²) in [6.45, 7) is 3.00. The zero-order valence-corrected chi connectivity index (χ0v) is 7.71. The molecule has 0 radical (unpaired) electrons. The molecule has 0 spiro atoms. The van der Waals surface area contributed by atoms with Crippen molar-refractivity contribution in [1.29, 1.82) is 0 Å². The van der Waals surface area contributed by atoms with Gasteiger partial charge in [0.15, 0.2) is 0 Å². The highest BCUT2D eigenvalue weighted by Crippen LogP contribution is 2.08. The first-order valence-electron chi connectivity index (χ1n) is 4.42. The van der Waals surface area contributed by atoms with Crippen molar-refractivity contribution < 1.29 is 14.4 Å². The van der Waals surface area contributed by atoms with E-state index in [0.29, 0.717) is 19.6 Å². The molecule has 0 unspecified atom stereocenters. The number of carbonyl (C=O) groups is 2. The fourth-order valence-corrected chi connectivity index (χ4v) is 1.23. The van der Waals surface area contributed by atoms with Gasteiger partial charge >= 0.3 is 0 Å². The molecule has 1 N–H and O–H groups in total. The Morgan fingerprint density at radius 3 is 3.00 bits per heavy atom. The molecule has 2 amide bonds. The summed E-state index contributed by atoms with van der Waals surface area (Å²) in [7, 11) is 0. The summed E-state index contributed by atoms with van der Waals surface area (Å²) in [5.41, 5.74) is 2.25. The molecule has 1 fully saturated rings. The summed E-state index contributed by atoms with van der Waals surface area (Å²) in [6.07, 6.45) is 1.41. The van der Waals surface area contributed by atoms with E-state index in [0.717, 1.165) is 6.42 Å². The second-order valence-electron chi connectivity index (χ2n) is 2.88. The molecule has 1 aliphatic rings. The Balaban J connectivity index is 2.23. The Morgan fingerprint density at radius 1 is 1.69 bits per heavy atom. The highest BCUT2D eigenvalue weighted by molar-refractivity contribution is 5.85. The minimum absolute atomic E-state index is 0.0478. The first kappa shape index (κ1) is 9.98. The van der Waals surface area contributed by atoms with Gasteiger partial charge in [-0.3, -0.25) is 14.4 Å². The lowest BCUT2D eigenvalue weighted by atomic mass is 10.4. The van der Waals surface area contributed by atoms with Crippen LogP contribution < -0.4 is 5.48 Å². The molecule has 1 aliphatic heterocycles. The molecule has 74 valence electrons. The lowest BCUT2D eigenvalue weighted by molar-refractivity contribution is -0.139. The van der Waals surface area contributed by atoms with Crippen LogP contribution in [0.2, 0.25) is 0 Å². The van der Waals surface area contributed by atoms with E-state index < -0.39 is 0 Å². The second kappa shape index (κ2) is 4.81.